The van der Waals surface area contributed by atoms with Crippen molar-refractivity contribution in [3.8, 4) is 0 Å². The summed E-state index contributed by atoms with van der Waals surface area (Å²) in [6, 6.07) is 16.5. The van der Waals surface area contributed by atoms with E-state index in [-0.39, 0.29) is 24.8 Å². The fourth-order valence-corrected chi connectivity index (χ4v) is 2.05. The second kappa shape index (κ2) is 8.76. The molecule has 2 aromatic rings. The summed E-state index contributed by atoms with van der Waals surface area (Å²) in [6.45, 7) is 0.258. The Morgan fingerprint density at radius 3 is 2.43 bits per heavy atom. The molecule has 23 heavy (non-hydrogen) atoms. The predicted octanol–water partition coefficient (Wildman–Crippen LogP) is 3.50. The standard InChI is InChI=1S/C18H17ClN2O2/c19-15-8-4-5-9-16(15)21-18(23)12-13-20-17(22)11-10-14-6-2-1-3-7-14/h1-11H,12-13H2,(H,20,22)(H,21,23)/b11-10+. The first-order valence-electron chi connectivity index (χ1n) is 7.20. The van der Waals surface area contributed by atoms with Crippen molar-refractivity contribution in [2.75, 3.05) is 11.9 Å². The third-order valence-electron chi connectivity index (χ3n) is 3.03. The number of carbonyl (C=O) groups excluding carboxylic acids is 2. The molecule has 0 aromatic heterocycles. The zero-order chi connectivity index (χ0) is 16.5. The fraction of sp³-hybridized carbons (Fsp3) is 0.111. The molecule has 2 amide bonds. The monoisotopic (exact) mass is 328 g/mol. The summed E-state index contributed by atoms with van der Waals surface area (Å²) in [5, 5.41) is 5.85. The van der Waals surface area contributed by atoms with Crippen LogP contribution in [0.4, 0.5) is 5.69 Å². The molecule has 2 rings (SSSR count). The van der Waals surface area contributed by atoms with Gasteiger partial charge in [-0.3, -0.25) is 9.59 Å². The summed E-state index contributed by atoms with van der Waals surface area (Å²) < 4.78 is 0. The fourth-order valence-electron chi connectivity index (χ4n) is 1.87. The van der Waals surface area contributed by atoms with Crippen molar-refractivity contribution in [1.82, 2.24) is 5.32 Å². The van der Waals surface area contributed by atoms with E-state index >= 15 is 0 Å². The maximum Gasteiger partial charge on any atom is 0.244 e. The van der Waals surface area contributed by atoms with E-state index in [1.54, 1.807) is 30.3 Å². The van der Waals surface area contributed by atoms with Crippen LogP contribution in [0.2, 0.25) is 5.02 Å². The summed E-state index contributed by atoms with van der Waals surface area (Å²) in [5.74, 6) is -0.440. The third-order valence-corrected chi connectivity index (χ3v) is 3.36. The minimum Gasteiger partial charge on any atom is -0.352 e. The highest BCUT2D eigenvalue weighted by molar-refractivity contribution is 6.33. The number of halogens is 1. The van der Waals surface area contributed by atoms with Crippen LogP contribution in [-0.2, 0) is 9.59 Å². The molecule has 0 fully saturated rings. The molecule has 0 saturated heterocycles. The molecule has 2 N–H and O–H groups in total. The van der Waals surface area contributed by atoms with Crippen LogP contribution >= 0.6 is 11.6 Å². The summed E-state index contributed by atoms with van der Waals surface area (Å²) >= 11 is 5.96. The van der Waals surface area contributed by atoms with Crippen LogP contribution < -0.4 is 10.6 Å². The highest BCUT2D eigenvalue weighted by Crippen LogP contribution is 2.20. The molecule has 0 heterocycles. The molecule has 0 spiro atoms. The van der Waals surface area contributed by atoms with Crippen LogP contribution in [0.5, 0.6) is 0 Å². The van der Waals surface area contributed by atoms with Gasteiger partial charge in [0.05, 0.1) is 10.7 Å². The van der Waals surface area contributed by atoms with Crippen molar-refractivity contribution in [2.45, 2.75) is 6.42 Å². The number of anilines is 1. The Hall–Kier alpha value is -2.59. The van der Waals surface area contributed by atoms with Crippen LogP contribution in [-0.4, -0.2) is 18.4 Å². The molecule has 0 atom stereocenters. The molecular weight excluding hydrogens is 312 g/mol. The lowest BCUT2D eigenvalue weighted by Gasteiger charge is -2.07. The van der Waals surface area contributed by atoms with Gasteiger partial charge in [-0.2, -0.15) is 0 Å². The van der Waals surface area contributed by atoms with Crippen LogP contribution in [0.3, 0.4) is 0 Å². The van der Waals surface area contributed by atoms with Crippen molar-refractivity contribution in [2.24, 2.45) is 0 Å². The second-order valence-electron chi connectivity index (χ2n) is 4.81. The number of para-hydroxylation sites is 1. The molecule has 0 bridgehead atoms. The van der Waals surface area contributed by atoms with Gasteiger partial charge in [-0.25, -0.2) is 0 Å². The molecular formula is C18H17ClN2O2. The molecule has 0 saturated carbocycles. The van der Waals surface area contributed by atoms with Crippen LogP contribution in [0.25, 0.3) is 6.08 Å². The van der Waals surface area contributed by atoms with Gasteiger partial charge in [0.2, 0.25) is 11.8 Å². The zero-order valence-corrected chi connectivity index (χ0v) is 13.2. The molecule has 2 aromatic carbocycles. The second-order valence-corrected chi connectivity index (χ2v) is 5.22. The van der Waals surface area contributed by atoms with E-state index in [0.29, 0.717) is 10.7 Å². The van der Waals surface area contributed by atoms with E-state index < -0.39 is 0 Å². The van der Waals surface area contributed by atoms with Gasteiger partial charge in [0.1, 0.15) is 0 Å². The van der Waals surface area contributed by atoms with E-state index in [1.807, 2.05) is 30.3 Å². The molecule has 118 valence electrons. The van der Waals surface area contributed by atoms with E-state index in [1.165, 1.54) is 6.08 Å². The summed E-state index contributed by atoms with van der Waals surface area (Å²) in [7, 11) is 0. The number of hydrogen-bond donors (Lipinski definition) is 2. The van der Waals surface area contributed by atoms with Gasteiger partial charge < -0.3 is 10.6 Å². The number of rotatable bonds is 6. The molecule has 0 unspecified atom stereocenters. The summed E-state index contributed by atoms with van der Waals surface area (Å²) in [6.07, 6.45) is 3.34. The number of carbonyl (C=O) groups is 2. The Morgan fingerprint density at radius 2 is 1.70 bits per heavy atom. The van der Waals surface area contributed by atoms with Crippen molar-refractivity contribution in [1.29, 1.82) is 0 Å². The highest BCUT2D eigenvalue weighted by atomic mass is 35.5. The number of nitrogens with one attached hydrogen (secondary N) is 2. The van der Waals surface area contributed by atoms with E-state index in [9.17, 15) is 9.59 Å². The van der Waals surface area contributed by atoms with Crippen molar-refractivity contribution < 1.29 is 9.59 Å². The van der Waals surface area contributed by atoms with Crippen LogP contribution in [0.15, 0.2) is 60.7 Å². The largest absolute Gasteiger partial charge is 0.352 e. The molecule has 0 radical (unpaired) electrons. The Morgan fingerprint density at radius 1 is 1.00 bits per heavy atom. The van der Waals surface area contributed by atoms with Gasteiger partial charge in [0.15, 0.2) is 0 Å². The minimum absolute atomic E-state index is 0.177. The van der Waals surface area contributed by atoms with Gasteiger partial charge in [-0.05, 0) is 23.8 Å². The van der Waals surface area contributed by atoms with E-state index in [0.717, 1.165) is 5.56 Å². The third kappa shape index (κ3) is 5.96. The molecule has 4 nitrogen and oxygen atoms in total. The van der Waals surface area contributed by atoms with Crippen LogP contribution in [0, 0.1) is 0 Å². The first kappa shape index (κ1) is 16.8. The molecule has 0 aliphatic rings. The van der Waals surface area contributed by atoms with Crippen molar-refractivity contribution in [3.05, 3.63) is 71.3 Å². The van der Waals surface area contributed by atoms with Crippen molar-refractivity contribution >= 4 is 35.2 Å². The lowest BCUT2D eigenvalue weighted by Crippen LogP contribution is -2.26. The van der Waals surface area contributed by atoms with E-state index in [2.05, 4.69) is 10.6 Å². The average molecular weight is 329 g/mol. The zero-order valence-electron chi connectivity index (χ0n) is 12.5. The molecule has 5 heteroatoms. The normalized spacial score (nSPS) is 10.5. The van der Waals surface area contributed by atoms with Gasteiger partial charge in [-0.1, -0.05) is 54.1 Å². The summed E-state index contributed by atoms with van der Waals surface area (Å²) in [5.41, 5.74) is 1.51. The maximum atomic E-state index is 11.8. The first-order valence-corrected chi connectivity index (χ1v) is 7.58. The van der Waals surface area contributed by atoms with Crippen LogP contribution in [0.1, 0.15) is 12.0 Å². The Balaban J connectivity index is 1.72. The molecule has 0 aliphatic carbocycles. The number of amides is 2. The maximum absolute atomic E-state index is 11.8. The van der Waals surface area contributed by atoms with Gasteiger partial charge in [-0.15, -0.1) is 0 Å². The van der Waals surface area contributed by atoms with Gasteiger partial charge in [0.25, 0.3) is 0 Å². The highest BCUT2D eigenvalue weighted by Gasteiger charge is 2.05. The quantitative estimate of drug-likeness (QED) is 0.797. The Kier molecular flexibility index (Phi) is 6.39. The predicted molar refractivity (Wildman–Crippen MR) is 93.2 cm³/mol. The summed E-state index contributed by atoms with van der Waals surface area (Å²) in [4.78, 5) is 23.4. The molecule has 0 aliphatic heterocycles. The smallest absolute Gasteiger partial charge is 0.244 e. The lowest BCUT2D eigenvalue weighted by molar-refractivity contribution is -0.117. The topological polar surface area (TPSA) is 58.2 Å². The number of hydrogen-bond acceptors (Lipinski definition) is 2. The SMILES string of the molecule is O=C(/C=C/c1ccccc1)NCCC(=O)Nc1ccccc1Cl. The number of benzene rings is 2. The Bertz CT molecular complexity index is 699. The van der Waals surface area contributed by atoms with Crippen molar-refractivity contribution in [3.63, 3.8) is 0 Å². The Labute approximate surface area is 140 Å². The average Bonchev–Trinajstić information content (AvgIpc) is 2.56. The van der Waals surface area contributed by atoms with E-state index in [4.69, 9.17) is 11.6 Å². The lowest BCUT2D eigenvalue weighted by atomic mass is 10.2. The van der Waals surface area contributed by atoms with Gasteiger partial charge >= 0.3 is 0 Å². The van der Waals surface area contributed by atoms with Gasteiger partial charge in [0, 0.05) is 19.0 Å². The first-order chi connectivity index (χ1) is 11.1. The minimum atomic E-state index is -0.237.